The van der Waals surface area contributed by atoms with E-state index in [0.29, 0.717) is 23.7 Å². The number of anilines is 2. The van der Waals surface area contributed by atoms with E-state index >= 15 is 0 Å². The number of hydrogen-bond acceptors (Lipinski definition) is 4. The van der Waals surface area contributed by atoms with Crippen LogP contribution in [0.1, 0.15) is 19.4 Å². The third-order valence-corrected chi connectivity index (χ3v) is 4.89. The molecule has 0 radical (unpaired) electrons. The highest BCUT2D eigenvalue weighted by Crippen LogP contribution is 2.34. The predicted molar refractivity (Wildman–Crippen MR) is 104 cm³/mol. The number of fused-ring (bicyclic) bond motifs is 1. The molecule has 1 heterocycles. The predicted octanol–water partition coefficient (Wildman–Crippen LogP) is 3.26. The van der Waals surface area contributed by atoms with Crippen LogP contribution in [0, 0.1) is 5.41 Å². The van der Waals surface area contributed by atoms with E-state index in [1.165, 1.54) is 7.11 Å². The van der Waals surface area contributed by atoms with Crippen molar-refractivity contribution in [2.24, 2.45) is 5.41 Å². The second kappa shape index (κ2) is 7.31. The van der Waals surface area contributed by atoms with Gasteiger partial charge >= 0.3 is 0 Å². The zero-order chi connectivity index (χ0) is 19.6. The highest BCUT2D eigenvalue weighted by Gasteiger charge is 2.41. The number of nitrogens with zero attached hydrogens (tertiary/aromatic N) is 1. The number of carbonyl (C=O) groups excluding carboxylic acids is 2. The van der Waals surface area contributed by atoms with Gasteiger partial charge in [-0.2, -0.15) is 0 Å². The Morgan fingerprint density at radius 1 is 1.07 bits per heavy atom. The molecule has 142 valence electrons. The molecule has 0 bridgehead atoms. The third-order valence-electron chi connectivity index (χ3n) is 4.89. The largest absolute Gasteiger partial charge is 0.497 e. The highest BCUT2D eigenvalue weighted by atomic mass is 16.5. The molecular weight excluding hydrogens is 344 g/mol. The monoisotopic (exact) mass is 368 g/mol. The lowest BCUT2D eigenvalue weighted by molar-refractivity contribution is -0.136. The van der Waals surface area contributed by atoms with Crippen molar-refractivity contribution in [3.8, 4) is 11.5 Å². The standard InChI is InChI=1S/C21H24N2O4/c1-21(2,20(25)23-12-11-14-7-5-6-8-17(14)23)19(24)22-16-13-15(26-3)9-10-18(16)27-4/h5-10,13H,11-12H2,1-4H3,(H,22,24). The van der Waals surface area contributed by atoms with Crippen LogP contribution in [-0.4, -0.2) is 32.6 Å². The van der Waals surface area contributed by atoms with Crippen LogP contribution in [0.2, 0.25) is 0 Å². The Labute approximate surface area is 159 Å². The molecule has 0 saturated carbocycles. The Morgan fingerprint density at radius 2 is 1.81 bits per heavy atom. The lowest BCUT2D eigenvalue weighted by Gasteiger charge is -2.29. The number of hydrogen-bond donors (Lipinski definition) is 1. The fourth-order valence-corrected chi connectivity index (χ4v) is 3.17. The summed E-state index contributed by atoms with van der Waals surface area (Å²) in [4.78, 5) is 27.8. The fraction of sp³-hybridized carbons (Fsp3) is 0.333. The van der Waals surface area contributed by atoms with Crippen LogP contribution in [0.5, 0.6) is 11.5 Å². The molecule has 2 amide bonds. The summed E-state index contributed by atoms with van der Waals surface area (Å²) in [5.74, 6) is 0.456. The van der Waals surface area contributed by atoms with Crippen molar-refractivity contribution in [2.45, 2.75) is 20.3 Å². The molecule has 6 heteroatoms. The van der Waals surface area contributed by atoms with Crippen LogP contribution in [-0.2, 0) is 16.0 Å². The highest BCUT2D eigenvalue weighted by molar-refractivity contribution is 6.15. The summed E-state index contributed by atoms with van der Waals surface area (Å²) < 4.78 is 10.5. The Hall–Kier alpha value is -3.02. The van der Waals surface area contributed by atoms with Crippen molar-refractivity contribution < 1.29 is 19.1 Å². The van der Waals surface area contributed by atoms with Gasteiger partial charge in [0, 0.05) is 18.3 Å². The lowest BCUT2D eigenvalue weighted by atomic mass is 9.90. The molecule has 1 aliphatic rings. The second-order valence-electron chi connectivity index (χ2n) is 6.98. The minimum absolute atomic E-state index is 0.230. The van der Waals surface area contributed by atoms with Gasteiger partial charge in [0.1, 0.15) is 16.9 Å². The fourth-order valence-electron chi connectivity index (χ4n) is 3.17. The van der Waals surface area contributed by atoms with Crippen molar-refractivity contribution in [3.63, 3.8) is 0 Å². The van der Waals surface area contributed by atoms with E-state index in [-0.39, 0.29) is 5.91 Å². The summed E-state index contributed by atoms with van der Waals surface area (Å²) in [6, 6.07) is 12.9. The van der Waals surface area contributed by atoms with Crippen molar-refractivity contribution in [2.75, 3.05) is 31.0 Å². The molecule has 0 spiro atoms. The summed E-state index contributed by atoms with van der Waals surface area (Å²) in [6.45, 7) is 3.86. The minimum Gasteiger partial charge on any atom is -0.497 e. The normalized spacial score (nSPS) is 13.1. The van der Waals surface area contributed by atoms with Crippen molar-refractivity contribution in [1.29, 1.82) is 0 Å². The lowest BCUT2D eigenvalue weighted by Crippen LogP contribution is -2.47. The maximum Gasteiger partial charge on any atom is 0.242 e. The molecule has 3 rings (SSSR count). The smallest absolute Gasteiger partial charge is 0.242 e. The molecular formula is C21H24N2O4. The summed E-state index contributed by atoms with van der Waals surface area (Å²) in [7, 11) is 3.07. The number of nitrogens with one attached hydrogen (secondary N) is 1. The first-order valence-electron chi connectivity index (χ1n) is 8.82. The number of para-hydroxylation sites is 1. The molecule has 6 nitrogen and oxygen atoms in total. The van der Waals surface area contributed by atoms with Crippen LogP contribution in [0.25, 0.3) is 0 Å². The molecule has 0 atom stereocenters. The van der Waals surface area contributed by atoms with E-state index in [0.717, 1.165) is 17.7 Å². The Balaban J connectivity index is 1.83. The van der Waals surface area contributed by atoms with Crippen LogP contribution in [0.4, 0.5) is 11.4 Å². The molecule has 1 N–H and O–H groups in total. The van der Waals surface area contributed by atoms with Gasteiger partial charge in [-0.05, 0) is 44.0 Å². The van der Waals surface area contributed by atoms with Gasteiger partial charge in [0.05, 0.1) is 19.9 Å². The average molecular weight is 368 g/mol. The van der Waals surface area contributed by atoms with Crippen molar-refractivity contribution in [1.82, 2.24) is 0 Å². The van der Waals surface area contributed by atoms with Crippen LogP contribution in [0.15, 0.2) is 42.5 Å². The van der Waals surface area contributed by atoms with Crippen molar-refractivity contribution >= 4 is 23.2 Å². The molecule has 27 heavy (non-hydrogen) atoms. The Bertz CT molecular complexity index is 876. The number of rotatable bonds is 5. The molecule has 0 fully saturated rings. The topological polar surface area (TPSA) is 67.9 Å². The van der Waals surface area contributed by atoms with Crippen molar-refractivity contribution in [3.05, 3.63) is 48.0 Å². The van der Waals surface area contributed by atoms with E-state index in [1.54, 1.807) is 44.1 Å². The van der Waals surface area contributed by atoms with Gasteiger partial charge in [-0.15, -0.1) is 0 Å². The van der Waals surface area contributed by atoms with E-state index in [9.17, 15) is 9.59 Å². The first-order valence-corrected chi connectivity index (χ1v) is 8.82. The maximum atomic E-state index is 13.1. The molecule has 0 aromatic heterocycles. The van der Waals surface area contributed by atoms with Crippen LogP contribution in [0.3, 0.4) is 0 Å². The molecule has 1 aliphatic heterocycles. The van der Waals surface area contributed by atoms with Crippen LogP contribution < -0.4 is 19.7 Å². The average Bonchev–Trinajstić information content (AvgIpc) is 3.11. The van der Waals surface area contributed by atoms with Gasteiger partial charge in [0.2, 0.25) is 11.8 Å². The second-order valence-corrected chi connectivity index (χ2v) is 6.98. The maximum absolute atomic E-state index is 13.1. The molecule has 0 saturated heterocycles. The van der Waals surface area contributed by atoms with Gasteiger partial charge in [-0.1, -0.05) is 18.2 Å². The number of amides is 2. The van der Waals surface area contributed by atoms with E-state index in [4.69, 9.17) is 9.47 Å². The number of ether oxygens (including phenoxy) is 2. The molecule has 2 aromatic rings. The van der Waals surface area contributed by atoms with E-state index < -0.39 is 11.3 Å². The van der Waals surface area contributed by atoms with Gasteiger partial charge < -0.3 is 19.7 Å². The SMILES string of the molecule is COc1ccc(OC)c(NC(=O)C(C)(C)C(=O)N2CCc3ccccc32)c1. The Kier molecular flexibility index (Phi) is 5.08. The van der Waals surface area contributed by atoms with Gasteiger partial charge in [0.25, 0.3) is 0 Å². The first kappa shape index (κ1) is 18.8. The van der Waals surface area contributed by atoms with E-state index in [1.807, 2.05) is 24.3 Å². The zero-order valence-corrected chi connectivity index (χ0v) is 16.0. The Morgan fingerprint density at radius 3 is 2.52 bits per heavy atom. The van der Waals surface area contributed by atoms with Gasteiger partial charge in [0.15, 0.2) is 0 Å². The molecule has 0 aliphatic carbocycles. The number of methoxy groups -OCH3 is 2. The quantitative estimate of drug-likeness (QED) is 0.823. The summed E-state index contributed by atoms with van der Waals surface area (Å²) >= 11 is 0. The first-order chi connectivity index (χ1) is 12.9. The number of carbonyl (C=O) groups is 2. The summed E-state index contributed by atoms with van der Waals surface area (Å²) in [5.41, 5.74) is 1.22. The van der Waals surface area contributed by atoms with Gasteiger partial charge in [-0.3, -0.25) is 9.59 Å². The minimum atomic E-state index is -1.24. The summed E-state index contributed by atoms with van der Waals surface area (Å²) in [5, 5.41) is 2.81. The van der Waals surface area contributed by atoms with E-state index in [2.05, 4.69) is 5.32 Å². The zero-order valence-electron chi connectivity index (χ0n) is 16.0. The third kappa shape index (κ3) is 3.47. The van der Waals surface area contributed by atoms with Gasteiger partial charge in [-0.25, -0.2) is 0 Å². The van der Waals surface area contributed by atoms with Crippen LogP contribution >= 0.6 is 0 Å². The number of benzene rings is 2. The molecule has 2 aromatic carbocycles. The molecule has 0 unspecified atom stereocenters. The summed E-state index contributed by atoms with van der Waals surface area (Å²) in [6.07, 6.45) is 0.795.